The first-order chi connectivity index (χ1) is 16.0. The van der Waals surface area contributed by atoms with Crippen molar-refractivity contribution >= 4 is 11.8 Å². The molecule has 33 heavy (non-hydrogen) atoms. The molecule has 0 saturated carbocycles. The quantitative estimate of drug-likeness (QED) is 0.634. The third kappa shape index (κ3) is 5.69. The molecule has 2 aliphatic heterocycles. The summed E-state index contributed by atoms with van der Waals surface area (Å²) in [6, 6.07) is 11.9. The zero-order valence-electron chi connectivity index (χ0n) is 19.4. The van der Waals surface area contributed by atoms with E-state index in [4.69, 9.17) is 4.74 Å². The summed E-state index contributed by atoms with van der Waals surface area (Å²) in [7, 11) is 3.75. The van der Waals surface area contributed by atoms with Gasteiger partial charge in [-0.3, -0.25) is 24.4 Å². The Morgan fingerprint density at radius 2 is 2.06 bits per heavy atom. The minimum atomic E-state index is -0.179. The Balaban J connectivity index is 1.32. The maximum atomic E-state index is 13.0. The van der Waals surface area contributed by atoms with Crippen molar-refractivity contribution in [1.29, 1.82) is 0 Å². The first-order valence-electron chi connectivity index (χ1n) is 11.6. The Morgan fingerprint density at radius 3 is 2.79 bits per heavy atom. The summed E-state index contributed by atoms with van der Waals surface area (Å²) in [5.74, 6) is 0.936. The van der Waals surface area contributed by atoms with E-state index >= 15 is 0 Å². The van der Waals surface area contributed by atoms with Crippen LogP contribution >= 0.6 is 0 Å². The molecule has 8 heteroatoms. The minimum absolute atomic E-state index is 0.0203. The summed E-state index contributed by atoms with van der Waals surface area (Å²) in [6.07, 6.45) is 5.55. The van der Waals surface area contributed by atoms with E-state index in [1.165, 1.54) is 0 Å². The van der Waals surface area contributed by atoms with E-state index in [1.54, 1.807) is 19.5 Å². The number of ether oxygens (including phenoxy) is 1. The largest absolute Gasteiger partial charge is 0.497 e. The Morgan fingerprint density at radius 1 is 1.24 bits per heavy atom. The zero-order chi connectivity index (χ0) is 23.2. The molecule has 8 nitrogen and oxygen atoms in total. The number of benzene rings is 1. The van der Waals surface area contributed by atoms with Gasteiger partial charge in [-0.05, 0) is 49.2 Å². The fourth-order valence-corrected chi connectivity index (χ4v) is 4.88. The van der Waals surface area contributed by atoms with Crippen molar-refractivity contribution in [2.24, 2.45) is 0 Å². The van der Waals surface area contributed by atoms with Crippen molar-refractivity contribution in [1.82, 2.24) is 25.4 Å². The molecule has 1 aromatic carbocycles. The van der Waals surface area contributed by atoms with Crippen LogP contribution in [0.25, 0.3) is 0 Å². The van der Waals surface area contributed by atoms with E-state index in [0.717, 1.165) is 36.4 Å². The number of hydrogen-bond acceptors (Lipinski definition) is 6. The second-order valence-electron chi connectivity index (χ2n) is 8.86. The first-order valence-corrected chi connectivity index (χ1v) is 11.6. The molecule has 2 fully saturated rings. The number of hydrogen-bond donors (Lipinski definition) is 2. The van der Waals surface area contributed by atoms with E-state index < -0.39 is 0 Å². The lowest BCUT2D eigenvalue weighted by Gasteiger charge is -2.33. The number of fused-ring (bicyclic) bond motifs is 1. The van der Waals surface area contributed by atoms with Crippen LogP contribution in [0, 0.1) is 0 Å². The number of nitrogens with zero attached hydrogens (tertiary/aromatic N) is 3. The second-order valence-corrected chi connectivity index (χ2v) is 8.86. The summed E-state index contributed by atoms with van der Waals surface area (Å²) >= 11 is 0. The summed E-state index contributed by atoms with van der Waals surface area (Å²) in [4.78, 5) is 34.0. The predicted octanol–water partition coefficient (Wildman–Crippen LogP) is 1.56. The minimum Gasteiger partial charge on any atom is -0.497 e. The lowest BCUT2D eigenvalue weighted by atomic mass is 10.0. The molecule has 2 aliphatic rings. The zero-order valence-corrected chi connectivity index (χ0v) is 19.4. The van der Waals surface area contributed by atoms with Gasteiger partial charge in [0.2, 0.25) is 11.8 Å². The number of likely N-dealkylation sites (tertiary alicyclic amines) is 1. The average molecular weight is 452 g/mol. The van der Waals surface area contributed by atoms with Crippen molar-refractivity contribution in [3.63, 3.8) is 0 Å². The van der Waals surface area contributed by atoms with Crippen molar-refractivity contribution < 1.29 is 14.3 Å². The molecular weight excluding hydrogens is 418 g/mol. The molecular formula is C25H33N5O3. The Kier molecular flexibility index (Phi) is 7.57. The molecule has 0 aliphatic carbocycles. The number of rotatable bonds is 8. The number of aromatic nitrogens is 1. The molecule has 0 spiro atoms. The number of methoxy groups -OCH3 is 1. The van der Waals surface area contributed by atoms with Gasteiger partial charge in [-0.15, -0.1) is 0 Å². The number of carbonyl (C=O) groups is 2. The summed E-state index contributed by atoms with van der Waals surface area (Å²) in [5.41, 5.74) is 2.15. The standard InChI is InChI=1S/C25H33N5O3/c1-29-20(7-10-23(31)27-15-19-4-3-12-26-14-19)16-28-25(32)24-22(29)11-13-30(24)17-18-5-8-21(33-2)9-6-18/h3-6,8-9,12,14,20,22,24H,7,10-11,13,15-17H2,1-2H3,(H,27,31)(H,28,32)/t20-,22-,24-/m0/s1. The van der Waals surface area contributed by atoms with Gasteiger partial charge in [0.05, 0.1) is 7.11 Å². The van der Waals surface area contributed by atoms with Gasteiger partial charge in [0.15, 0.2) is 0 Å². The second kappa shape index (κ2) is 10.8. The molecule has 176 valence electrons. The molecule has 1 aromatic heterocycles. The summed E-state index contributed by atoms with van der Waals surface area (Å²) in [5, 5.41) is 6.09. The lowest BCUT2D eigenvalue weighted by Crippen LogP contribution is -2.49. The van der Waals surface area contributed by atoms with Crippen LogP contribution in [0.15, 0.2) is 48.8 Å². The van der Waals surface area contributed by atoms with E-state index in [2.05, 4.69) is 44.6 Å². The highest BCUT2D eigenvalue weighted by atomic mass is 16.5. The predicted molar refractivity (Wildman–Crippen MR) is 125 cm³/mol. The molecule has 3 heterocycles. The molecule has 0 unspecified atom stereocenters. The van der Waals surface area contributed by atoms with Crippen molar-refractivity contribution in [2.45, 2.75) is 50.5 Å². The summed E-state index contributed by atoms with van der Waals surface area (Å²) < 4.78 is 5.25. The molecule has 2 N–H and O–H groups in total. The lowest BCUT2D eigenvalue weighted by molar-refractivity contribution is -0.126. The monoisotopic (exact) mass is 451 g/mol. The van der Waals surface area contributed by atoms with Gasteiger partial charge in [0.1, 0.15) is 11.8 Å². The highest BCUT2D eigenvalue weighted by Crippen LogP contribution is 2.29. The number of carbonyl (C=O) groups excluding carboxylic acids is 2. The molecule has 2 saturated heterocycles. The highest BCUT2D eigenvalue weighted by Gasteiger charge is 2.44. The van der Waals surface area contributed by atoms with E-state index in [9.17, 15) is 9.59 Å². The van der Waals surface area contributed by atoms with Gasteiger partial charge >= 0.3 is 0 Å². The van der Waals surface area contributed by atoms with E-state index in [0.29, 0.717) is 25.9 Å². The van der Waals surface area contributed by atoms with Gasteiger partial charge in [-0.25, -0.2) is 0 Å². The maximum Gasteiger partial charge on any atom is 0.239 e. The van der Waals surface area contributed by atoms with Crippen LogP contribution in [0.3, 0.4) is 0 Å². The molecule has 3 atom stereocenters. The molecule has 0 radical (unpaired) electrons. The highest BCUT2D eigenvalue weighted by molar-refractivity contribution is 5.83. The van der Waals surface area contributed by atoms with E-state index in [1.807, 2.05) is 24.3 Å². The smallest absolute Gasteiger partial charge is 0.239 e. The Hall–Kier alpha value is -2.97. The fraction of sp³-hybridized carbons (Fsp3) is 0.480. The maximum absolute atomic E-state index is 13.0. The Bertz CT molecular complexity index is 937. The first kappa shape index (κ1) is 23.2. The van der Waals surface area contributed by atoms with Crippen LogP contribution in [0.4, 0.5) is 0 Å². The number of amides is 2. The van der Waals surface area contributed by atoms with Gasteiger partial charge in [-0.2, -0.15) is 0 Å². The molecule has 2 aromatic rings. The molecule has 4 rings (SSSR count). The van der Waals surface area contributed by atoms with Gasteiger partial charge in [0.25, 0.3) is 0 Å². The number of likely N-dealkylation sites (N-methyl/N-ethyl adjacent to an activating group) is 1. The van der Waals surface area contributed by atoms with Crippen molar-refractivity contribution in [2.75, 3.05) is 27.2 Å². The van der Waals surface area contributed by atoms with E-state index in [-0.39, 0.29) is 29.9 Å². The van der Waals surface area contributed by atoms with Gasteiger partial charge in [0, 0.05) is 57.1 Å². The molecule has 0 bridgehead atoms. The van der Waals surface area contributed by atoms with Crippen LogP contribution in [0.1, 0.15) is 30.4 Å². The molecule has 2 amide bonds. The van der Waals surface area contributed by atoms with Crippen LogP contribution in [-0.2, 0) is 22.7 Å². The number of pyridine rings is 1. The SMILES string of the molecule is COc1ccc(CN2CC[C@H]3[C@H]2C(=O)NC[C@H](CCC(=O)NCc2cccnc2)N3C)cc1. The fourth-order valence-electron chi connectivity index (χ4n) is 4.88. The van der Waals surface area contributed by atoms with Crippen molar-refractivity contribution in [3.05, 3.63) is 59.9 Å². The Labute approximate surface area is 195 Å². The van der Waals surface area contributed by atoms with Crippen molar-refractivity contribution in [3.8, 4) is 5.75 Å². The van der Waals surface area contributed by atoms with Crippen LogP contribution in [-0.4, -0.2) is 72.0 Å². The number of nitrogens with one attached hydrogen (secondary N) is 2. The van der Waals surface area contributed by atoms with Gasteiger partial charge in [-0.1, -0.05) is 18.2 Å². The third-order valence-electron chi connectivity index (χ3n) is 6.81. The van der Waals surface area contributed by atoms with Crippen LogP contribution in [0.5, 0.6) is 5.75 Å². The van der Waals surface area contributed by atoms with Crippen LogP contribution < -0.4 is 15.4 Å². The average Bonchev–Trinajstić information content (AvgIpc) is 3.22. The van der Waals surface area contributed by atoms with Crippen LogP contribution in [0.2, 0.25) is 0 Å². The summed E-state index contributed by atoms with van der Waals surface area (Å²) in [6.45, 7) is 2.65. The third-order valence-corrected chi connectivity index (χ3v) is 6.81. The van der Waals surface area contributed by atoms with Gasteiger partial charge < -0.3 is 15.4 Å². The normalized spacial score (nSPS) is 23.5. The topological polar surface area (TPSA) is 86.8 Å².